The van der Waals surface area contributed by atoms with E-state index in [4.69, 9.17) is 16.3 Å². The summed E-state index contributed by atoms with van der Waals surface area (Å²) in [6.45, 7) is 0. The van der Waals surface area contributed by atoms with Crippen LogP contribution < -0.4 is 10.1 Å². The Morgan fingerprint density at radius 1 is 1.50 bits per heavy atom. The van der Waals surface area contributed by atoms with E-state index < -0.39 is 6.29 Å². The zero-order valence-corrected chi connectivity index (χ0v) is 11.5. The molecule has 6 nitrogen and oxygen atoms in total. The van der Waals surface area contributed by atoms with Crippen LogP contribution >= 0.6 is 22.9 Å². The number of carbonyl (C=O) groups is 1. The van der Waals surface area contributed by atoms with Crippen LogP contribution in [-0.4, -0.2) is 27.4 Å². The van der Waals surface area contributed by atoms with Crippen LogP contribution in [0.3, 0.4) is 0 Å². The molecule has 0 fully saturated rings. The molecule has 2 aromatic rings. The van der Waals surface area contributed by atoms with Crippen molar-refractivity contribution in [2.75, 3.05) is 5.32 Å². The third-order valence-electron chi connectivity index (χ3n) is 2.66. The van der Waals surface area contributed by atoms with Gasteiger partial charge in [-0.05, 0) is 18.2 Å². The first-order valence-corrected chi connectivity index (χ1v) is 6.82. The van der Waals surface area contributed by atoms with Crippen molar-refractivity contribution in [1.82, 2.24) is 10.2 Å². The summed E-state index contributed by atoms with van der Waals surface area (Å²) in [6, 6.07) is 4.65. The lowest BCUT2D eigenvalue weighted by Gasteiger charge is -2.23. The van der Waals surface area contributed by atoms with Gasteiger partial charge in [0.05, 0.1) is 11.1 Å². The van der Waals surface area contributed by atoms with Crippen molar-refractivity contribution in [3.8, 4) is 5.75 Å². The van der Waals surface area contributed by atoms with E-state index in [9.17, 15) is 9.90 Å². The van der Waals surface area contributed by atoms with Crippen molar-refractivity contribution in [2.24, 2.45) is 0 Å². The van der Waals surface area contributed by atoms with Crippen molar-refractivity contribution >= 4 is 33.9 Å². The first kappa shape index (κ1) is 13.0. The van der Waals surface area contributed by atoms with Gasteiger partial charge in [-0.1, -0.05) is 22.9 Å². The number of anilines is 1. The lowest BCUT2D eigenvalue weighted by atomic mass is 10.00. The van der Waals surface area contributed by atoms with Gasteiger partial charge in [0, 0.05) is 11.2 Å². The predicted molar refractivity (Wildman–Crippen MR) is 74.0 cm³/mol. The summed E-state index contributed by atoms with van der Waals surface area (Å²) in [4.78, 5) is 12.3. The van der Waals surface area contributed by atoms with Crippen LogP contribution in [0.2, 0.25) is 5.02 Å². The summed E-state index contributed by atoms with van der Waals surface area (Å²) in [7, 11) is 0. The molecule has 8 heteroatoms. The van der Waals surface area contributed by atoms with E-state index >= 15 is 0 Å². The molecular weight excluding hydrogens is 302 g/mol. The van der Waals surface area contributed by atoms with Crippen LogP contribution in [0.5, 0.6) is 5.75 Å². The fourth-order valence-electron chi connectivity index (χ4n) is 1.75. The number of aliphatic hydroxyl groups excluding tert-OH is 1. The molecule has 2 heterocycles. The van der Waals surface area contributed by atoms with Crippen LogP contribution in [0.25, 0.3) is 0 Å². The van der Waals surface area contributed by atoms with E-state index in [0.29, 0.717) is 21.5 Å². The summed E-state index contributed by atoms with van der Waals surface area (Å²) in [5.41, 5.74) is 1.94. The standard InChI is InChI=1S/C12H8ClN3O3S/c13-6-1-2-9-7(3-6)10(17)8(11(18)19-9)4-14-12-16-15-5-20-12/h1-5,11,18H,(H,14,16)/b8-4+/t11-/m1/s1. The van der Waals surface area contributed by atoms with Gasteiger partial charge in [-0.2, -0.15) is 0 Å². The van der Waals surface area contributed by atoms with E-state index in [2.05, 4.69) is 15.5 Å². The molecule has 0 saturated carbocycles. The zero-order chi connectivity index (χ0) is 14.1. The number of rotatable bonds is 2. The SMILES string of the molecule is O=C1/C(=C\Nc2nncs2)[C@H](O)Oc2ccc(Cl)cc21. The Morgan fingerprint density at radius 2 is 2.35 bits per heavy atom. The van der Waals surface area contributed by atoms with Crippen LogP contribution in [-0.2, 0) is 0 Å². The number of nitrogens with zero attached hydrogens (tertiary/aromatic N) is 2. The predicted octanol–water partition coefficient (Wildman–Crippen LogP) is 2.08. The van der Waals surface area contributed by atoms with E-state index in [1.54, 1.807) is 17.6 Å². The molecule has 102 valence electrons. The summed E-state index contributed by atoms with van der Waals surface area (Å²) >= 11 is 7.13. The second-order valence-corrected chi connectivity index (χ2v) is 5.20. The number of nitrogens with one attached hydrogen (secondary N) is 1. The summed E-state index contributed by atoms with van der Waals surface area (Å²) in [6.07, 6.45) is 0.0220. The van der Waals surface area contributed by atoms with E-state index in [0.717, 1.165) is 0 Å². The highest BCUT2D eigenvalue weighted by Gasteiger charge is 2.30. The van der Waals surface area contributed by atoms with Crippen molar-refractivity contribution < 1.29 is 14.6 Å². The average Bonchev–Trinajstić information content (AvgIpc) is 2.93. The molecule has 1 aromatic carbocycles. The van der Waals surface area contributed by atoms with Crippen molar-refractivity contribution in [3.05, 3.63) is 46.1 Å². The van der Waals surface area contributed by atoms with Gasteiger partial charge in [0.1, 0.15) is 11.3 Å². The number of hydrogen-bond donors (Lipinski definition) is 2. The molecule has 0 aliphatic carbocycles. The van der Waals surface area contributed by atoms with Gasteiger partial charge in [0.2, 0.25) is 17.2 Å². The van der Waals surface area contributed by atoms with Gasteiger partial charge in [-0.25, -0.2) is 0 Å². The molecular formula is C12H8ClN3O3S. The molecule has 3 rings (SSSR count). The average molecular weight is 310 g/mol. The number of ketones is 1. The molecule has 0 radical (unpaired) electrons. The summed E-state index contributed by atoms with van der Waals surface area (Å²) in [5.74, 6) is -0.0433. The highest BCUT2D eigenvalue weighted by atomic mass is 35.5. The Morgan fingerprint density at radius 3 is 3.10 bits per heavy atom. The molecule has 1 aromatic heterocycles. The quantitative estimate of drug-likeness (QED) is 0.826. The monoisotopic (exact) mass is 309 g/mol. The second kappa shape index (κ2) is 5.20. The van der Waals surface area contributed by atoms with Gasteiger partial charge < -0.3 is 15.2 Å². The van der Waals surface area contributed by atoms with E-state index in [-0.39, 0.29) is 11.4 Å². The number of aliphatic hydroxyl groups is 1. The Hall–Kier alpha value is -1.96. The number of halogens is 1. The Bertz CT molecular complexity index is 687. The lowest BCUT2D eigenvalue weighted by molar-refractivity contribution is 0.00785. The minimum Gasteiger partial charge on any atom is -0.460 e. The molecule has 1 aliphatic heterocycles. The largest absolute Gasteiger partial charge is 0.460 e. The summed E-state index contributed by atoms with van der Waals surface area (Å²) in [5, 5.41) is 21.0. The van der Waals surface area contributed by atoms with Crippen molar-refractivity contribution in [1.29, 1.82) is 0 Å². The molecule has 1 aliphatic rings. The maximum absolute atomic E-state index is 12.3. The molecule has 0 saturated heterocycles. The number of aromatic nitrogens is 2. The molecule has 0 spiro atoms. The lowest BCUT2D eigenvalue weighted by Crippen LogP contribution is -2.30. The van der Waals surface area contributed by atoms with Gasteiger partial charge in [-0.15, -0.1) is 10.2 Å². The topological polar surface area (TPSA) is 84.3 Å². The minimum atomic E-state index is -1.34. The van der Waals surface area contributed by atoms with Gasteiger partial charge in [0.25, 0.3) is 0 Å². The van der Waals surface area contributed by atoms with Crippen molar-refractivity contribution in [2.45, 2.75) is 6.29 Å². The van der Waals surface area contributed by atoms with Gasteiger partial charge >= 0.3 is 0 Å². The van der Waals surface area contributed by atoms with Crippen molar-refractivity contribution in [3.63, 3.8) is 0 Å². The smallest absolute Gasteiger partial charge is 0.229 e. The van der Waals surface area contributed by atoms with Crippen LogP contribution in [0.4, 0.5) is 5.13 Å². The fraction of sp³-hybridized carbons (Fsp3) is 0.0833. The fourth-order valence-corrected chi connectivity index (χ4v) is 2.33. The van der Waals surface area contributed by atoms with Crippen LogP contribution in [0, 0.1) is 0 Å². The molecule has 20 heavy (non-hydrogen) atoms. The maximum atomic E-state index is 12.3. The molecule has 0 unspecified atom stereocenters. The second-order valence-electron chi connectivity index (χ2n) is 3.93. The Labute approximate surface area is 122 Å². The summed E-state index contributed by atoms with van der Waals surface area (Å²) < 4.78 is 5.27. The van der Waals surface area contributed by atoms with Crippen LogP contribution in [0.1, 0.15) is 10.4 Å². The first-order valence-electron chi connectivity index (χ1n) is 5.57. The van der Waals surface area contributed by atoms with Crippen LogP contribution in [0.15, 0.2) is 35.5 Å². The van der Waals surface area contributed by atoms with E-state index in [1.165, 1.54) is 23.6 Å². The Kier molecular flexibility index (Phi) is 3.39. The number of benzene rings is 1. The van der Waals surface area contributed by atoms with Gasteiger partial charge in [-0.3, -0.25) is 4.79 Å². The number of hydrogen-bond acceptors (Lipinski definition) is 7. The van der Waals surface area contributed by atoms with E-state index in [1.807, 2.05) is 0 Å². The normalized spacial score (nSPS) is 19.6. The Balaban J connectivity index is 1.93. The molecule has 1 atom stereocenters. The molecule has 2 N–H and O–H groups in total. The third kappa shape index (κ3) is 2.38. The number of ether oxygens (including phenoxy) is 1. The maximum Gasteiger partial charge on any atom is 0.229 e. The minimum absolute atomic E-state index is 0.0787. The first-order chi connectivity index (χ1) is 9.65. The number of Topliss-reactive ketones (excluding diaryl/α,β-unsaturated/α-hetero) is 1. The molecule has 0 amide bonds. The molecule has 0 bridgehead atoms. The third-order valence-corrected chi connectivity index (χ3v) is 3.52. The zero-order valence-electron chi connectivity index (χ0n) is 9.91. The number of fused-ring (bicyclic) bond motifs is 1. The van der Waals surface area contributed by atoms with Gasteiger partial charge in [0.15, 0.2) is 0 Å². The highest BCUT2D eigenvalue weighted by Crippen LogP contribution is 2.31. The number of carbonyl (C=O) groups excluding carboxylic acids is 1. The highest BCUT2D eigenvalue weighted by molar-refractivity contribution is 7.13.